The molecule has 6 heteroatoms. The third-order valence-electron chi connectivity index (χ3n) is 6.51. The Balaban J connectivity index is 1.72. The summed E-state index contributed by atoms with van der Waals surface area (Å²) in [7, 11) is 3.93. The lowest BCUT2D eigenvalue weighted by atomic mass is 9.79. The molecule has 0 bridgehead atoms. The van der Waals surface area contributed by atoms with Gasteiger partial charge in [0, 0.05) is 44.4 Å². The number of benzene rings is 2. The molecule has 4 rings (SSSR count). The molecular weight excluding hydrogens is 412 g/mol. The summed E-state index contributed by atoms with van der Waals surface area (Å²) >= 11 is 0. The number of rotatable bonds is 5. The number of carbonyl (C=O) groups excluding carboxylic acids is 1. The van der Waals surface area contributed by atoms with E-state index in [1.807, 2.05) is 68.4 Å². The van der Waals surface area contributed by atoms with Crippen LogP contribution >= 0.6 is 0 Å². The van der Waals surface area contributed by atoms with Gasteiger partial charge < -0.3 is 14.9 Å². The number of aryl methyl sites for hydroxylation is 1. The Labute approximate surface area is 195 Å². The molecule has 0 aliphatic carbocycles. The summed E-state index contributed by atoms with van der Waals surface area (Å²) in [6.45, 7) is 5.12. The fraction of sp³-hybridized carbons (Fsp3) is 0.370. The number of anilines is 1. The topological polar surface area (TPSA) is 69.6 Å². The maximum absolute atomic E-state index is 14.0. The van der Waals surface area contributed by atoms with Crippen molar-refractivity contribution in [2.45, 2.75) is 37.7 Å². The van der Waals surface area contributed by atoms with Gasteiger partial charge in [-0.2, -0.15) is 0 Å². The van der Waals surface area contributed by atoms with Crippen LogP contribution in [0.4, 0.5) is 5.82 Å². The van der Waals surface area contributed by atoms with E-state index in [1.165, 1.54) is 0 Å². The zero-order valence-corrected chi connectivity index (χ0v) is 19.8. The Morgan fingerprint density at radius 1 is 1.03 bits per heavy atom. The summed E-state index contributed by atoms with van der Waals surface area (Å²) in [6, 6.07) is 20.3. The molecule has 172 valence electrons. The number of amides is 1. The summed E-state index contributed by atoms with van der Waals surface area (Å²) in [5.74, 6) is 1.28. The lowest BCUT2D eigenvalue weighted by Gasteiger charge is -2.43. The number of carbonyl (C=O) groups is 1. The van der Waals surface area contributed by atoms with Crippen LogP contribution in [0.3, 0.4) is 0 Å². The SMILES string of the molecule is Cc1cc(N(C)C)nc(C2(C)CCCN(C(=O)C(O)(c3ccccc3)c3ccccc3)C2)n1. The van der Waals surface area contributed by atoms with E-state index in [0.717, 1.165) is 30.2 Å². The molecule has 1 saturated heterocycles. The third kappa shape index (κ3) is 4.35. The first-order chi connectivity index (χ1) is 15.7. The zero-order chi connectivity index (χ0) is 23.6. The molecule has 3 aromatic rings. The Morgan fingerprint density at radius 3 is 2.15 bits per heavy atom. The Bertz CT molecular complexity index is 1080. The minimum absolute atomic E-state index is 0.314. The second-order valence-electron chi connectivity index (χ2n) is 9.42. The Morgan fingerprint density at radius 2 is 1.61 bits per heavy atom. The van der Waals surface area contributed by atoms with Gasteiger partial charge in [-0.05, 0) is 30.9 Å². The largest absolute Gasteiger partial charge is 0.372 e. The molecule has 1 atom stereocenters. The van der Waals surface area contributed by atoms with Crippen molar-refractivity contribution >= 4 is 11.7 Å². The lowest BCUT2D eigenvalue weighted by molar-refractivity contribution is -0.150. The molecule has 1 N–H and O–H groups in total. The van der Waals surface area contributed by atoms with Crippen LogP contribution in [-0.4, -0.2) is 53.1 Å². The predicted octanol–water partition coefficient (Wildman–Crippen LogP) is 3.67. The maximum atomic E-state index is 14.0. The normalized spacial score (nSPS) is 18.8. The minimum Gasteiger partial charge on any atom is -0.372 e. The van der Waals surface area contributed by atoms with Crippen LogP contribution in [0.25, 0.3) is 0 Å². The molecule has 1 unspecified atom stereocenters. The molecule has 0 radical (unpaired) electrons. The number of piperidine rings is 1. The fourth-order valence-corrected chi connectivity index (χ4v) is 4.65. The van der Waals surface area contributed by atoms with Crippen LogP contribution < -0.4 is 4.90 Å². The number of aliphatic hydroxyl groups is 1. The quantitative estimate of drug-likeness (QED) is 0.650. The number of aromatic nitrogens is 2. The second kappa shape index (κ2) is 8.94. The van der Waals surface area contributed by atoms with Crippen molar-refractivity contribution in [3.8, 4) is 0 Å². The predicted molar refractivity (Wildman–Crippen MR) is 130 cm³/mol. The first-order valence-corrected chi connectivity index (χ1v) is 11.4. The van der Waals surface area contributed by atoms with E-state index in [0.29, 0.717) is 24.2 Å². The van der Waals surface area contributed by atoms with Gasteiger partial charge in [-0.3, -0.25) is 4.79 Å². The van der Waals surface area contributed by atoms with Gasteiger partial charge in [0.05, 0.1) is 0 Å². The van der Waals surface area contributed by atoms with Crippen molar-refractivity contribution in [2.24, 2.45) is 0 Å². The van der Waals surface area contributed by atoms with E-state index in [-0.39, 0.29) is 5.91 Å². The van der Waals surface area contributed by atoms with E-state index < -0.39 is 11.0 Å². The van der Waals surface area contributed by atoms with Crippen LogP contribution in [0.15, 0.2) is 66.7 Å². The summed E-state index contributed by atoms with van der Waals surface area (Å²) in [5, 5.41) is 11.9. The van der Waals surface area contributed by atoms with E-state index in [4.69, 9.17) is 9.97 Å². The molecule has 1 aromatic heterocycles. The molecule has 1 amide bonds. The summed E-state index contributed by atoms with van der Waals surface area (Å²) in [5.41, 5.74) is -0.133. The Kier molecular flexibility index (Phi) is 6.21. The molecule has 2 aromatic carbocycles. The summed E-state index contributed by atoms with van der Waals surface area (Å²) < 4.78 is 0. The van der Waals surface area contributed by atoms with E-state index in [2.05, 4.69) is 6.92 Å². The molecule has 0 saturated carbocycles. The third-order valence-corrected chi connectivity index (χ3v) is 6.51. The average molecular weight is 445 g/mol. The van der Waals surface area contributed by atoms with Gasteiger partial charge in [0.15, 0.2) is 5.60 Å². The van der Waals surface area contributed by atoms with Crippen molar-refractivity contribution in [1.82, 2.24) is 14.9 Å². The summed E-state index contributed by atoms with van der Waals surface area (Å²) in [6.07, 6.45) is 1.69. The molecule has 2 heterocycles. The maximum Gasteiger partial charge on any atom is 0.264 e. The van der Waals surface area contributed by atoms with Crippen LogP contribution in [0.2, 0.25) is 0 Å². The van der Waals surface area contributed by atoms with Crippen LogP contribution in [0, 0.1) is 6.92 Å². The van der Waals surface area contributed by atoms with Crippen molar-refractivity contribution in [1.29, 1.82) is 0 Å². The van der Waals surface area contributed by atoms with E-state index >= 15 is 0 Å². The van der Waals surface area contributed by atoms with Crippen molar-refractivity contribution in [3.63, 3.8) is 0 Å². The van der Waals surface area contributed by atoms with Gasteiger partial charge in [-0.25, -0.2) is 9.97 Å². The first kappa shape index (κ1) is 22.9. The van der Waals surface area contributed by atoms with E-state index in [1.54, 1.807) is 29.2 Å². The molecule has 0 spiro atoms. The summed E-state index contributed by atoms with van der Waals surface area (Å²) in [4.78, 5) is 27.3. The van der Waals surface area contributed by atoms with Crippen LogP contribution in [0.5, 0.6) is 0 Å². The van der Waals surface area contributed by atoms with E-state index in [9.17, 15) is 9.90 Å². The second-order valence-corrected chi connectivity index (χ2v) is 9.42. The number of nitrogens with zero attached hydrogens (tertiary/aromatic N) is 4. The van der Waals surface area contributed by atoms with Crippen molar-refractivity contribution in [2.75, 3.05) is 32.1 Å². The smallest absolute Gasteiger partial charge is 0.264 e. The van der Waals surface area contributed by atoms with Crippen LogP contribution in [0.1, 0.15) is 42.4 Å². The highest BCUT2D eigenvalue weighted by Gasteiger charge is 2.46. The van der Waals surface area contributed by atoms with Gasteiger partial charge in [0.1, 0.15) is 11.6 Å². The molecule has 33 heavy (non-hydrogen) atoms. The zero-order valence-electron chi connectivity index (χ0n) is 19.8. The van der Waals surface area contributed by atoms with Crippen molar-refractivity contribution in [3.05, 3.63) is 89.4 Å². The fourth-order valence-electron chi connectivity index (χ4n) is 4.65. The standard InChI is InChI=1S/C27H32N4O2/c1-20-18-23(30(3)4)29-24(28-20)26(2)16-11-17-31(19-26)25(32)27(33,21-12-7-5-8-13-21)22-14-9-6-10-15-22/h5-10,12-15,18,33H,11,16-17,19H2,1-4H3. The van der Waals surface area contributed by atoms with Crippen molar-refractivity contribution < 1.29 is 9.90 Å². The lowest BCUT2D eigenvalue weighted by Crippen LogP contribution is -2.54. The van der Waals surface area contributed by atoms with Gasteiger partial charge in [0.2, 0.25) is 0 Å². The Hall–Kier alpha value is -3.25. The highest BCUT2D eigenvalue weighted by Crippen LogP contribution is 2.37. The average Bonchev–Trinajstić information content (AvgIpc) is 2.83. The molecule has 1 aliphatic rings. The molecule has 6 nitrogen and oxygen atoms in total. The monoisotopic (exact) mass is 444 g/mol. The van der Waals surface area contributed by atoms with Crippen LogP contribution in [-0.2, 0) is 15.8 Å². The highest BCUT2D eigenvalue weighted by molar-refractivity contribution is 5.90. The number of hydrogen-bond donors (Lipinski definition) is 1. The number of hydrogen-bond acceptors (Lipinski definition) is 5. The van der Waals surface area contributed by atoms with Gasteiger partial charge in [-0.1, -0.05) is 67.6 Å². The highest BCUT2D eigenvalue weighted by atomic mass is 16.3. The number of likely N-dealkylation sites (tertiary alicyclic amines) is 1. The minimum atomic E-state index is -1.76. The van der Waals surface area contributed by atoms with Gasteiger partial charge >= 0.3 is 0 Å². The van der Waals surface area contributed by atoms with Gasteiger partial charge in [0.25, 0.3) is 5.91 Å². The molecule has 1 fully saturated rings. The first-order valence-electron chi connectivity index (χ1n) is 11.4. The molecular formula is C27H32N4O2. The van der Waals surface area contributed by atoms with Gasteiger partial charge in [-0.15, -0.1) is 0 Å². The molecule has 1 aliphatic heterocycles.